The van der Waals surface area contributed by atoms with Crippen LogP contribution in [0.3, 0.4) is 0 Å². The van der Waals surface area contributed by atoms with Gasteiger partial charge in [0.2, 0.25) is 0 Å². The van der Waals surface area contributed by atoms with Gasteiger partial charge in [-0.05, 0) is 0 Å². The van der Waals surface area contributed by atoms with Crippen LogP contribution in [0.15, 0.2) is 16.2 Å². The van der Waals surface area contributed by atoms with Gasteiger partial charge in [-0.3, -0.25) is 0 Å². The predicted molar refractivity (Wildman–Crippen MR) is 44.1 cm³/mol. The van der Waals surface area contributed by atoms with Crippen LogP contribution in [0, 0.1) is 0 Å². The minimum absolute atomic E-state index is 0.239. The maximum atomic E-state index is 10.4. The molecule has 1 heterocycles. The number of nitrogens with one attached hydrogen (secondary N) is 1. The number of anilines is 1. The average molecular weight is 267 g/mol. The normalized spacial score (nSPS) is 12.5. The van der Waals surface area contributed by atoms with Crippen LogP contribution in [0.2, 0.25) is 0 Å². The first-order valence-electron chi connectivity index (χ1n) is 3.23. The quantitative estimate of drug-likeness (QED) is 0.789. The molecule has 1 rings (SSSR count). The summed E-state index contributed by atoms with van der Waals surface area (Å²) in [4.78, 5) is 10.4. The zero-order chi connectivity index (χ0) is 8.27. The third-order valence-electron chi connectivity index (χ3n) is 1.25. The topological polar surface area (TPSA) is 49.3 Å². The van der Waals surface area contributed by atoms with Crippen molar-refractivity contribution in [2.45, 2.75) is 13.0 Å². The standard InChI is InChI=1S/C7H9NO2Te/c1-5(7(9)10)8-6-3-2-4-11-6/h2-5,8H,1H3,(H,9,10). The van der Waals surface area contributed by atoms with Gasteiger partial charge in [0.05, 0.1) is 0 Å². The molecule has 2 N–H and O–H groups in total. The van der Waals surface area contributed by atoms with Crippen molar-refractivity contribution in [1.29, 1.82) is 0 Å². The molecular formula is C7H9NO2Te. The molecule has 3 nitrogen and oxygen atoms in total. The van der Waals surface area contributed by atoms with Gasteiger partial charge in [-0.2, -0.15) is 0 Å². The molecule has 0 saturated heterocycles. The molecule has 0 aromatic carbocycles. The van der Waals surface area contributed by atoms with Crippen molar-refractivity contribution >= 4 is 30.1 Å². The molecule has 0 radical (unpaired) electrons. The second kappa shape index (κ2) is 3.79. The van der Waals surface area contributed by atoms with Crippen molar-refractivity contribution in [3.05, 3.63) is 16.2 Å². The molecule has 0 aliphatic heterocycles. The molecule has 0 saturated carbocycles. The molecule has 1 unspecified atom stereocenters. The summed E-state index contributed by atoms with van der Waals surface area (Å²) in [5.41, 5.74) is 0. The van der Waals surface area contributed by atoms with Gasteiger partial charge < -0.3 is 0 Å². The molecule has 60 valence electrons. The Morgan fingerprint density at radius 1 is 1.82 bits per heavy atom. The van der Waals surface area contributed by atoms with E-state index in [4.69, 9.17) is 5.11 Å². The summed E-state index contributed by atoms with van der Waals surface area (Å²) in [5.74, 6) is -0.801. The Kier molecular flexibility index (Phi) is 2.98. The molecule has 0 aliphatic carbocycles. The van der Waals surface area contributed by atoms with Crippen LogP contribution in [0.25, 0.3) is 0 Å². The fourth-order valence-corrected chi connectivity index (χ4v) is 2.65. The van der Waals surface area contributed by atoms with Gasteiger partial charge in [0.25, 0.3) is 0 Å². The second-order valence-corrected chi connectivity index (χ2v) is 4.89. The van der Waals surface area contributed by atoms with Crippen LogP contribution < -0.4 is 5.32 Å². The zero-order valence-electron chi connectivity index (χ0n) is 6.07. The Labute approximate surface area is 74.7 Å². The summed E-state index contributed by atoms with van der Waals surface area (Å²) < 4.78 is 3.22. The Morgan fingerprint density at radius 2 is 2.55 bits per heavy atom. The van der Waals surface area contributed by atoms with Crippen molar-refractivity contribution in [2.75, 3.05) is 5.32 Å². The molecule has 0 aliphatic rings. The van der Waals surface area contributed by atoms with Gasteiger partial charge >= 0.3 is 74.5 Å². The molecule has 1 aromatic rings. The number of rotatable bonds is 3. The first-order chi connectivity index (χ1) is 5.20. The molecule has 4 heteroatoms. The summed E-state index contributed by atoms with van der Waals surface area (Å²) >= 11 is -0.239. The number of hydrogen-bond acceptors (Lipinski definition) is 2. The zero-order valence-corrected chi connectivity index (χ0v) is 8.40. The van der Waals surface area contributed by atoms with Crippen LogP contribution in [-0.4, -0.2) is 37.5 Å². The van der Waals surface area contributed by atoms with Gasteiger partial charge in [-0.15, -0.1) is 0 Å². The fourth-order valence-electron chi connectivity index (χ4n) is 0.636. The molecule has 0 fully saturated rings. The molecule has 0 bridgehead atoms. The van der Waals surface area contributed by atoms with E-state index in [1.165, 1.54) is 0 Å². The van der Waals surface area contributed by atoms with E-state index in [1.54, 1.807) is 6.92 Å². The van der Waals surface area contributed by atoms with E-state index < -0.39 is 12.0 Å². The van der Waals surface area contributed by atoms with Gasteiger partial charge in [0.15, 0.2) is 0 Å². The molecule has 0 spiro atoms. The Bertz CT molecular complexity index is 233. The number of carboxylic acids is 1. The van der Waals surface area contributed by atoms with Crippen LogP contribution in [0.5, 0.6) is 0 Å². The van der Waals surface area contributed by atoms with E-state index in [2.05, 4.69) is 9.40 Å². The second-order valence-electron chi connectivity index (χ2n) is 2.18. The molecule has 1 atom stereocenters. The van der Waals surface area contributed by atoms with E-state index in [9.17, 15) is 4.79 Å². The SMILES string of the molecule is CC(Nc1ccc[te]1)C(=O)O. The monoisotopic (exact) mass is 269 g/mol. The molecule has 11 heavy (non-hydrogen) atoms. The maximum absolute atomic E-state index is 10.4. The average Bonchev–Trinajstić information content (AvgIpc) is 2.39. The molecule has 0 amide bonds. The molecule has 1 aromatic heterocycles. The van der Waals surface area contributed by atoms with Gasteiger partial charge in [0, 0.05) is 0 Å². The Morgan fingerprint density at radius 3 is 3.00 bits per heavy atom. The third kappa shape index (κ3) is 2.57. The summed E-state index contributed by atoms with van der Waals surface area (Å²) in [7, 11) is 0. The number of aliphatic carboxylic acids is 1. The van der Waals surface area contributed by atoms with E-state index >= 15 is 0 Å². The van der Waals surface area contributed by atoms with Crippen molar-refractivity contribution in [1.82, 2.24) is 0 Å². The van der Waals surface area contributed by atoms with Crippen LogP contribution in [0.4, 0.5) is 3.70 Å². The van der Waals surface area contributed by atoms with Crippen molar-refractivity contribution < 1.29 is 9.90 Å². The Balaban J connectivity index is 2.50. The summed E-state index contributed by atoms with van der Waals surface area (Å²) in [6, 6.07) is 3.45. The van der Waals surface area contributed by atoms with Crippen molar-refractivity contribution in [2.24, 2.45) is 0 Å². The van der Waals surface area contributed by atoms with Gasteiger partial charge in [-0.25, -0.2) is 0 Å². The first kappa shape index (κ1) is 8.63. The minimum atomic E-state index is -0.801. The van der Waals surface area contributed by atoms with E-state index in [0.717, 1.165) is 3.70 Å². The first-order valence-corrected chi connectivity index (χ1v) is 5.74. The van der Waals surface area contributed by atoms with Crippen molar-refractivity contribution in [3.8, 4) is 0 Å². The van der Waals surface area contributed by atoms with E-state index in [1.807, 2.05) is 12.1 Å². The summed E-state index contributed by atoms with van der Waals surface area (Å²) in [5, 5.41) is 11.5. The number of carbonyl (C=O) groups is 1. The van der Waals surface area contributed by atoms with Gasteiger partial charge in [0.1, 0.15) is 0 Å². The van der Waals surface area contributed by atoms with Crippen molar-refractivity contribution in [3.63, 3.8) is 0 Å². The van der Waals surface area contributed by atoms with Gasteiger partial charge in [-0.1, -0.05) is 0 Å². The predicted octanol–water partition coefficient (Wildman–Crippen LogP) is 0.629. The van der Waals surface area contributed by atoms with E-state index in [0.29, 0.717) is 0 Å². The summed E-state index contributed by atoms with van der Waals surface area (Å²) in [6.07, 6.45) is 0. The van der Waals surface area contributed by atoms with Crippen LogP contribution >= 0.6 is 0 Å². The van der Waals surface area contributed by atoms with Crippen LogP contribution in [0.1, 0.15) is 6.92 Å². The number of hydrogen-bond donors (Lipinski definition) is 2. The van der Waals surface area contributed by atoms with Crippen LogP contribution in [-0.2, 0) is 4.79 Å². The summed E-state index contributed by atoms with van der Waals surface area (Å²) in [6.45, 7) is 1.65. The third-order valence-corrected chi connectivity index (χ3v) is 3.54. The fraction of sp³-hybridized carbons (Fsp3) is 0.286. The van der Waals surface area contributed by atoms with E-state index in [-0.39, 0.29) is 20.4 Å². The number of carboxylic acid groups (broad SMARTS) is 1. The Hall–Kier alpha value is -0.460. The molecular weight excluding hydrogens is 258 g/mol.